The number of benzene rings is 1. The lowest BCUT2D eigenvalue weighted by molar-refractivity contribution is -0.126. The number of methoxy groups -OCH3 is 1. The Kier molecular flexibility index (Phi) is 4.41. The molecular weight excluding hydrogens is 294 g/mol. The largest absolute Gasteiger partial charge is 0.497 e. The zero-order valence-corrected chi connectivity index (χ0v) is 13.5. The van der Waals surface area contributed by atoms with Gasteiger partial charge in [0, 0.05) is 26.6 Å². The van der Waals surface area contributed by atoms with Gasteiger partial charge in [-0.05, 0) is 36.0 Å². The van der Waals surface area contributed by atoms with Gasteiger partial charge in [0.25, 0.3) is 0 Å². The summed E-state index contributed by atoms with van der Waals surface area (Å²) in [6.07, 6.45) is 1.47. The average Bonchev–Trinajstić information content (AvgIpc) is 3.25. The fraction of sp³-hybridized carbons (Fsp3) is 0.529. The van der Waals surface area contributed by atoms with Gasteiger partial charge in [-0.3, -0.25) is 4.79 Å². The number of hydrogen-bond donors (Lipinski definition) is 2. The Morgan fingerprint density at radius 1 is 1.43 bits per heavy atom. The molecule has 6 nitrogen and oxygen atoms in total. The first-order chi connectivity index (χ1) is 11.1. The molecule has 1 saturated carbocycles. The van der Waals surface area contributed by atoms with Crippen LogP contribution in [0.15, 0.2) is 24.3 Å². The first-order valence-corrected chi connectivity index (χ1v) is 7.99. The van der Waals surface area contributed by atoms with Crippen molar-refractivity contribution in [2.75, 3.05) is 27.2 Å². The van der Waals surface area contributed by atoms with Crippen LogP contribution in [0.2, 0.25) is 0 Å². The monoisotopic (exact) mass is 317 g/mol. The minimum atomic E-state index is -0.186. The quantitative estimate of drug-likeness (QED) is 0.861. The fourth-order valence-corrected chi connectivity index (χ4v) is 3.17. The first kappa shape index (κ1) is 15.6. The first-order valence-electron chi connectivity index (χ1n) is 7.99. The molecule has 3 atom stereocenters. The van der Waals surface area contributed by atoms with E-state index in [1.165, 1.54) is 5.56 Å². The van der Waals surface area contributed by atoms with E-state index in [0.29, 0.717) is 31.3 Å². The van der Waals surface area contributed by atoms with Gasteiger partial charge in [0.05, 0.1) is 13.2 Å². The average molecular weight is 317 g/mol. The maximum atomic E-state index is 11.9. The summed E-state index contributed by atoms with van der Waals surface area (Å²) < 4.78 is 5.25. The molecule has 0 spiro atoms. The van der Waals surface area contributed by atoms with Crippen LogP contribution in [-0.2, 0) is 4.79 Å². The Hall–Kier alpha value is -2.24. The number of nitrogens with one attached hydrogen (secondary N) is 2. The second kappa shape index (κ2) is 6.48. The predicted octanol–water partition coefficient (Wildman–Crippen LogP) is 1.33. The normalized spacial score (nSPS) is 26.1. The molecule has 0 radical (unpaired) electrons. The smallest absolute Gasteiger partial charge is 0.315 e. The van der Waals surface area contributed by atoms with Crippen molar-refractivity contribution in [3.05, 3.63) is 29.8 Å². The number of urea groups is 1. The van der Waals surface area contributed by atoms with Gasteiger partial charge < -0.3 is 20.3 Å². The molecule has 0 unspecified atom stereocenters. The minimum absolute atomic E-state index is 0.0792. The van der Waals surface area contributed by atoms with Crippen molar-refractivity contribution in [1.29, 1.82) is 0 Å². The molecule has 2 N–H and O–H groups in total. The summed E-state index contributed by atoms with van der Waals surface area (Å²) in [4.78, 5) is 25.0. The van der Waals surface area contributed by atoms with Crippen molar-refractivity contribution in [1.82, 2.24) is 15.5 Å². The molecule has 0 aromatic heterocycles. The lowest BCUT2D eigenvalue weighted by Crippen LogP contribution is -2.43. The number of hydrogen-bond acceptors (Lipinski definition) is 3. The number of likely N-dealkylation sites (N-methyl/N-ethyl adjacent to an activating group) is 1. The van der Waals surface area contributed by atoms with Gasteiger partial charge in [-0.15, -0.1) is 0 Å². The maximum Gasteiger partial charge on any atom is 0.315 e. The topological polar surface area (TPSA) is 70.7 Å². The summed E-state index contributed by atoms with van der Waals surface area (Å²) in [5.41, 5.74) is 1.26. The highest BCUT2D eigenvalue weighted by Crippen LogP contribution is 2.47. The van der Waals surface area contributed by atoms with Crippen molar-refractivity contribution in [3.63, 3.8) is 0 Å². The summed E-state index contributed by atoms with van der Waals surface area (Å²) >= 11 is 0. The van der Waals surface area contributed by atoms with Crippen LogP contribution in [0.3, 0.4) is 0 Å². The minimum Gasteiger partial charge on any atom is -0.497 e. The lowest BCUT2D eigenvalue weighted by Gasteiger charge is -2.13. The number of ether oxygens (including phenoxy) is 1. The Morgan fingerprint density at radius 2 is 2.26 bits per heavy atom. The van der Waals surface area contributed by atoms with E-state index in [2.05, 4.69) is 22.8 Å². The lowest BCUT2D eigenvalue weighted by atomic mass is 10.1. The number of carbonyl (C=O) groups excluding carboxylic acids is 2. The van der Waals surface area contributed by atoms with Crippen molar-refractivity contribution >= 4 is 11.9 Å². The summed E-state index contributed by atoms with van der Waals surface area (Å²) in [6, 6.07) is 7.83. The SMILES string of the molecule is COc1cccc([C@@H]2C[C@H]2CNC(=O)N[C@H]2CC(=O)N(C)C2)c1. The molecular formula is C17H23N3O3. The van der Waals surface area contributed by atoms with E-state index in [4.69, 9.17) is 4.74 Å². The third-order valence-corrected chi connectivity index (χ3v) is 4.65. The molecule has 2 aliphatic rings. The summed E-state index contributed by atoms with van der Waals surface area (Å²) in [5.74, 6) is 1.91. The van der Waals surface area contributed by atoms with E-state index in [0.717, 1.165) is 12.2 Å². The van der Waals surface area contributed by atoms with E-state index in [-0.39, 0.29) is 18.0 Å². The second-order valence-electron chi connectivity index (χ2n) is 6.41. The molecule has 1 aromatic carbocycles. The van der Waals surface area contributed by atoms with E-state index >= 15 is 0 Å². The molecule has 3 amide bonds. The Labute approximate surface area is 136 Å². The van der Waals surface area contributed by atoms with Crippen molar-refractivity contribution < 1.29 is 14.3 Å². The zero-order chi connectivity index (χ0) is 16.4. The molecule has 1 saturated heterocycles. The Balaban J connectivity index is 1.41. The standard InChI is InChI=1S/C17H23N3O3/c1-20-10-13(8-16(20)21)19-17(22)18-9-12-7-15(12)11-4-3-5-14(6-11)23-2/h3-6,12-13,15H,7-10H2,1-2H3,(H2,18,19,22)/t12-,13-,15-/m0/s1. The molecule has 23 heavy (non-hydrogen) atoms. The molecule has 1 aromatic rings. The highest BCUT2D eigenvalue weighted by Gasteiger charge is 2.38. The highest BCUT2D eigenvalue weighted by atomic mass is 16.5. The molecule has 2 fully saturated rings. The Bertz CT molecular complexity index is 605. The third-order valence-electron chi connectivity index (χ3n) is 4.65. The van der Waals surface area contributed by atoms with Gasteiger partial charge in [0.15, 0.2) is 0 Å². The number of likely N-dealkylation sites (tertiary alicyclic amines) is 1. The molecule has 0 bridgehead atoms. The third kappa shape index (κ3) is 3.75. The number of nitrogens with zero attached hydrogens (tertiary/aromatic N) is 1. The van der Waals surface area contributed by atoms with Crippen LogP contribution in [0.25, 0.3) is 0 Å². The van der Waals surface area contributed by atoms with E-state index < -0.39 is 0 Å². The number of amides is 3. The van der Waals surface area contributed by atoms with Crippen molar-refractivity contribution in [3.8, 4) is 5.75 Å². The molecule has 124 valence electrons. The van der Waals surface area contributed by atoms with Gasteiger partial charge in [0.2, 0.25) is 5.91 Å². The molecule has 1 aliphatic heterocycles. The van der Waals surface area contributed by atoms with Crippen LogP contribution in [-0.4, -0.2) is 50.1 Å². The van der Waals surface area contributed by atoms with Crippen LogP contribution >= 0.6 is 0 Å². The van der Waals surface area contributed by atoms with Gasteiger partial charge in [-0.2, -0.15) is 0 Å². The van der Waals surface area contributed by atoms with Crippen molar-refractivity contribution in [2.24, 2.45) is 5.92 Å². The summed E-state index contributed by atoms with van der Waals surface area (Å²) in [7, 11) is 3.42. The van der Waals surface area contributed by atoms with Gasteiger partial charge in [-0.25, -0.2) is 4.79 Å². The van der Waals surface area contributed by atoms with E-state index in [1.807, 2.05) is 12.1 Å². The summed E-state index contributed by atoms with van der Waals surface area (Å²) in [5, 5.41) is 5.78. The zero-order valence-electron chi connectivity index (χ0n) is 13.5. The van der Waals surface area contributed by atoms with Gasteiger partial charge in [-0.1, -0.05) is 12.1 Å². The molecule has 3 rings (SSSR count). The maximum absolute atomic E-state index is 11.9. The van der Waals surface area contributed by atoms with Gasteiger partial charge >= 0.3 is 6.03 Å². The second-order valence-corrected chi connectivity index (χ2v) is 6.41. The predicted molar refractivity (Wildman–Crippen MR) is 86.4 cm³/mol. The van der Waals surface area contributed by atoms with Crippen LogP contribution in [0, 0.1) is 5.92 Å². The Morgan fingerprint density at radius 3 is 2.96 bits per heavy atom. The van der Waals surface area contributed by atoms with Crippen LogP contribution in [0.5, 0.6) is 5.75 Å². The summed E-state index contributed by atoms with van der Waals surface area (Å²) in [6.45, 7) is 1.24. The van der Waals surface area contributed by atoms with E-state index in [1.54, 1.807) is 19.1 Å². The van der Waals surface area contributed by atoms with Crippen LogP contribution in [0.1, 0.15) is 24.3 Å². The number of rotatable bonds is 5. The number of carbonyl (C=O) groups is 2. The molecule has 1 aliphatic carbocycles. The molecule has 1 heterocycles. The highest BCUT2D eigenvalue weighted by molar-refractivity contribution is 5.81. The van der Waals surface area contributed by atoms with E-state index in [9.17, 15) is 9.59 Å². The molecule has 6 heteroatoms. The fourth-order valence-electron chi connectivity index (χ4n) is 3.17. The van der Waals surface area contributed by atoms with Gasteiger partial charge in [0.1, 0.15) is 5.75 Å². The van der Waals surface area contributed by atoms with Crippen molar-refractivity contribution in [2.45, 2.75) is 24.8 Å². The van der Waals surface area contributed by atoms with Crippen LogP contribution < -0.4 is 15.4 Å². The van der Waals surface area contributed by atoms with Crippen LogP contribution in [0.4, 0.5) is 4.79 Å².